The van der Waals surface area contributed by atoms with Gasteiger partial charge in [-0.05, 0) is 43.2 Å². The first-order valence-corrected chi connectivity index (χ1v) is 8.97. The quantitative estimate of drug-likeness (QED) is 0.860. The highest BCUT2D eigenvalue weighted by Gasteiger charge is 2.22. The monoisotopic (exact) mass is 351 g/mol. The van der Waals surface area contributed by atoms with Crippen molar-refractivity contribution in [1.82, 2.24) is 9.80 Å². The van der Waals surface area contributed by atoms with Gasteiger partial charge in [0.2, 0.25) is 0 Å². The van der Waals surface area contributed by atoms with Gasteiger partial charge in [-0.1, -0.05) is 30.3 Å². The fourth-order valence-electron chi connectivity index (χ4n) is 3.04. The topological polar surface area (TPSA) is 52.7 Å². The highest BCUT2D eigenvalue weighted by atomic mass is 16.2. The van der Waals surface area contributed by atoms with E-state index in [2.05, 4.69) is 10.2 Å². The molecule has 0 saturated carbocycles. The van der Waals surface area contributed by atoms with Gasteiger partial charge in [0.15, 0.2) is 5.78 Å². The van der Waals surface area contributed by atoms with E-state index < -0.39 is 0 Å². The van der Waals surface area contributed by atoms with E-state index in [4.69, 9.17) is 0 Å². The van der Waals surface area contributed by atoms with Crippen LogP contribution in [0.3, 0.4) is 0 Å². The average Bonchev–Trinajstić information content (AvgIpc) is 2.65. The number of urea groups is 1. The number of carbonyl (C=O) groups is 2. The number of nitrogens with one attached hydrogen (secondary N) is 1. The molecular weight excluding hydrogens is 326 g/mol. The van der Waals surface area contributed by atoms with E-state index in [1.54, 1.807) is 4.90 Å². The first kappa shape index (κ1) is 18.1. The molecule has 2 aromatic carbocycles. The Balaban J connectivity index is 1.49. The molecule has 3 rings (SSSR count). The predicted octanol–water partition coefficient (Wildman–Crippen LogP) is 3.34. The van der Waals surface area contributed by atoms with Crippen LogP contribution in [0, 0.1) is 13.8 Å². The SMILES string of the molecule is Cc1ccc(C(=O)CN2CCN(C(=O)Nc3ccccc3)CC2)cc1C. The number of anilines is 1. The molecule has 1 heterocycles. The van der Waals surface area contributed by atoms with Gasteiger partial charge in [-0.2, -0.15) is 0 Å². The Hall–Kier alpha value is -2.66. The molecule has 136 valence electrons. The van der Waals surface area contributed by atoms with Crippen LogP contribution in [0.25, 0.3) is 0 Å². The number of ketones is 1. The molecule has 0 radical (unpaired) electrons. The number of amides is 2. The molecule has 1 fully saturated rings. The van der Waals surface area contributed by atoms with Crippen LogP contribution in [0.4, 0.5) is 10.5 Å². The van der Waals surface area contributed by atoms with Crippen LogP contribution in [0.15, 0.2) is 48.5 Å². The van der Waals surface area contributed by atoms with Gasteiger partial charge >= 0.3 is 6.03 Å². The summed E-state index contributed by atoms with van der Waals surface area (Å²) in [7, 11) is 0. The van der Waals surface area contributed by atoms with Gasteiger partial charge in [-0.3, -0.25) is 9.69 Å². The molecule has 1 aliphatic rings. The number of nitrogens with zero attached hydrogens (tertiary/aromatic N) is 2. The van der Waals surface area contributed by atoms with Crippen LogP contribution in [0.1, 0.15) is 21.5 Å². The van der Waals surface area contributed by atoms with E-state index >= 15 is 0 Å². The van der Waals surface area contributed by atoms with E-state index in [0.29, 0.717) is 32.7 Å². The molecule has 2 aromatic rings. The molecule has 2 amide bonds. The zero-order valence-electron chi connectivity index (χ0n) is 15.4. The van der Waals surface area contributed by atoms with Gasteiger partial charge in [-0.25, -0.2) is 4.79 Å². The molecule has 0 atom stereocenters. The van der Waals surface area contributed by atoms with E-state index in [1.807, 2.05) is 62.4 Å². The minimum absolute atomic E-state index is 0.0867. The molecule has 26 heavy (non-hydrogen) atoms. The summed E-state index contributed by atoms with van der Waals surface area (Å²) in [5.74, 6) is 0.135. The van der Waals surface area contributed by atoms with Crippen molar-refractivity contribution in [2.75, 3.05) is 38.0 Å². The zero-order valence-corrected chi connectivity index (χ0v) is 15.4. The second-order valence-corrected chi connectivity index (χ2v) is 6.78. The van der Waals surface area contributed by atoms with Gasteiger partial charge in [-0.15, -0.1) is 0 Å². The van der Waals surface area contributed by atoms with Crippen molar-refractivity contribution in [3.63, 3.8) is 0 Å². The molecule has 0 aliphatic carbocycles. The van der Waals surface area contributed by atoms with Gasteiger partial charge in [0.05, 0.1) is 6.54 Å². The van der Waals surface area contributed by atoms with Crippen molar-refractivity contribution in [3.8, 4) is 0 Å². The Bertz CT molecular complexity index is 781. The van der Waals surface area contributed by atoms with Gasteiger partial charge in [0.1, 0.15) is 0 Å². The maximum atomic E-state index is 12.5. The molecule has 0 unspecified atom stereocenters. The molecule has 1 saturated heterocycles. The third kappa shape index (κ3) is 4.49. The standard InChI is InChI=1S/C21H25N3O2/c1-16-8-9-18(14-17(16)2)20(25)15-23-10-12-24(13-11-23)21(26)22-19-6-4-3-5-7-19/h3-9,14H,10-13,15H2,1-2H3,(H,22,26). The van der Waals surface area contributed by atoms with Crippen molar-refractivity contribution >= 4 is 17.5 Å². The fraction of sp³-hybridized carbons (Fsp3) is 0.333. The van der Waals surface area contributed by atoms with Crippen molar-refractivity contribution in [2.24, 2.45) is 0 Å². The lowest BCUT2D eigenvalue weighted by Crippen LogP contribution is -2.51. The third-order valence-electron chi connectivity index (χ3n) is 4.88. The number of piperazine rings is 1. The third-order valence-corrected chi connectivity index (χ3v) is 4.88. The number of benzene rings is 2. The number of para-hydroxylation sites is 1. The lowest BCUT2D eigenvalue weighted by molar-refractivity contribution is 0.0883. The molecule has 5 nitrogen and oxygen atoms in total. The molecule has 5 heteroatoms. The summed E-state index contributed by atoms with van der Waals surface area (Å²) in [6, 6.07) is 15.2. The minimum atomic E-state index is -0.0867. The first-order chi connectivity index (χ1) is 12.5. The number of carbonyl (C=O) groups excluding carboxylic acids is 2. The van der Waals surface area contributed by atoms with Crippen LogP contribution in [-0.2, 0) is 0 Å². The molecule has 0 spiro atoms. The smallest absolute Gasteiger partial charge is 0.321 e. The summed E-state index contributed by atoms with van der Waals surface area (Å²) in [5.41, 5.74) is 3.89. The lowest BCUT2D eigenvalue weighted by atomic mass is 10.0. The Morgan fingerprint density at radius 2 is 1.62 bits per heavy atom. The Morgan fingerprint density at radius 1 is 0.923 bits per heavy atom. The second-order valence-electron chi connectivity index (χ2n) is 6.78. The number of Topliss-reactive ketones (excluding diaryl/α,β-unsaturated/α-hetero) is 1. The Kier molecular flexibility index (Phi) is 5.68. The average molecular weight is 351 g/mol. The second kappa shape index (κ2) is 8.15. The van der Waals surface area contributed by atoms with Gasteiger partial charge < -0.3 is 10.2 Å². The molecule has 0 bridgehead atoms. The van der Waals surface area contributed by atoms with Gasteiger partial charge in [0, 0.05) is 37.4 Å². The molecule has 1 aliphatic heterocycles. The van der Waals surface area contributed by atoms with Crippen molar-refractivity contribution in [3.05, 3.63) is 65.2 Å². The van der Waals surface area contributed by atoms with E-state index in [0.717, 1.165) is 16.8 Å². The summed E-state index contributed by atoms with van der Waals surface area (Å²) in [5, 5.41) is 2.91. The molecular formula is C21H25N3O2. The van der Waals surface area contributed by atoms with E-state index in [-0.39, 0.29) is 11.8 Å². The normalized spacial score (nSPS) is 14.9. The van der Waals surface area contributed by atoms with E-state index in [1.165, 1.54) is 5.56 Å². The maximum absolute atomic E-state index is 12.5. The highest BCUT2D eigenvalue weighted by Crippen LogP contribution is 2.12. The van der Waals surface area contributed by atoms with Crippen LogP contribution in [0.2, 0.25) is 0 Å². The summed E-state index contributed by atoms with van der Waals surface area (Å²) < 4.78 is 0. The summed E-state index contributed by atoms with van der Waals surface area (Å²) in [6.07, 6.45) is 0. The Labute approximate surface area is 154 Å². The first-order valence-electron chi connectivity index (χ1n) is 8.97. The predicted molar refractivity (Wildman–Crippen MR) is 104 cm³/mol. The molecule has 0 aromatic heterocycles. The number of hydrogen-bond acceptors (Lipinski definition) is 3. The minimum Gasteiger partial charge on any atom is -0.322 e. The summed E-state index contributed by atoms with van der Waals surface area (Å²) in [4.78, 5) is 28.7. The van der Waals surface area contributed by atoms with Crippen LogP contribution in [-0.4, -0.2) is 54.3 Å². The number of aryl methyl sites for hydroxylation is 2. The van der Waals surface area contributed by atoms with Crippen LogP contribution in [0.5, 0.6) is 0 Å². The molecule has 1 N–H and O–H groups in total. The highest BCUT2D eigenvalue weighted by molar-refractivity contribution is 5.97. The van der Waals surface area contributed by atoms with Crippen LogP contribution < -0.4 is 5.32 Å². The van der Waals surface area contributed by atoms with Crippen molar-refractivity contribution in [2.45, 2.75) is 13.8 Å². The summed E-state index contributed by atoms with van der Waals surface area (Å²) >= 11 is 0. The zero-order chi connectivity index (χ0) is 18.5. The van der Waals surface area contributed by atoms with E-state index in [9.17, 15) is 9.59 Å². The van der Waals surface area contributed by atoms with Crippen LogP contribution >= 0.6 is 0 Å². The lowest BCUT2D eigenvalue weighted by Gasteiger charge is -2.34. The largest absolute Gasteiger partial charge is 0.322 e. The van der Waals surface area contributed by atoms with Gasteiger partial charge in [0.25, 0.3) is 0 Å². The Morgan fingerprint density at radius 3 is 2.27 bits per heavy atom. The number of hydrogen-bond donors (Lipinski definition) is 1. The number of rotatable bonds is 4. The maximum Gasteiger partial charge on any atom is 0.321 e. The fourth-order valence-corrected chi connectivity index (χ4v) is 3.04. The summed E-state index contributed by atoms with van der Waals surface area (Å²) in [6.45, 7) is 7.13. The van der Waals surface area contributed by atoms with Crippen molar-refractivity contribution in [1.29, 1.82) is 0 Å². The van der Waals surface area contributed by atoms with Crippen molar-refractivity contribution < 1.29 is 9.59 Å².